The van der Waals surface area contributed by atoms with E-state index in [9.17, 15) is 4.79 Å². The number of aryl methyl sites for hydroxylation is 1. The Labute approximate surface area is 106 Å². The van der Waals surface area contributed by atoms with Crippen molar-refractivity contribution in [2.24, 2.45) is 5.73 Å². The minimum atomic E-state index is -0.0510. The van der Waals surface area contributed by atoms with Crippen molar-refractivity contribution in [3.63, 3.8) is 0 Å². The topological polar surface area (TPSA) is 68.7 Å². The number of carbonyl (C=O) groups is 1. The maximum Gasteiger partial charge on any atom is 0.257 e. The Morgan fingerprint density at radius 3 is 3.00 bits per heavy atom. The molecule has 6 heteroatoms. The van der Waals surface area contributed by atoms with E-state index >= 15 is 0 Å². The van der Waals surface area contributed by atoms with E-state index in [4.69, 9.17) is 14.9 Å². The Balaban J connectivity index is 0.00000144. The summed E-state index contributed by atoms with van der Waals surface area (Å²) < 4.78 is 10.5. The number of nitrogens with zero attached hydrogens (tertiary/aromatic N) is 1. The molecule has 0 spiro atoms. The van der Waals surface area contributed by atoms with Crippen LogP contribution in [0.2, 0.25) is 0 Å². The van der Waals surface area contributed by atoms with Gasteiger partial charge < -0.3 is 19.8 Å². The number of rotatable bonds is 2. The van der Waals surface area contributed by atoms with Gasteiger partial charge in [0.2, 0.25) is 0 Å². The van der Waals surface area contributed by atoms with Crippen molar-refractivity contribution in [1.82, 2.24) is 4.90 Å². The number of nitrogens with two attached hydrogens (primary N) is 1. The summed E-state index contributed by atoms with van der Waals surface area (Å²) in [5.74, 6) is 0.647. The lowest BCUT2D eigenvalue weighted by Gasteiger charge is -2.32. The second-order valence-electron chi connectivity index (χ2n) is 3.87. The number of ether oxygens (including phenoxy) is 1. The molecule has 17 heavy (non-hydrogen) atoms. The van der Waals surface area contributed by atoms with E-state index in [2.05, 4.69) is 0 Å². The Morgan fingerprint density at radius 2 is 2.41 bits per heavy atom. The van der Waals surface area contributed by atoms with Crippen molar-refractivity contribution < 1.29 is 13.9 Å². The average Bonchev–Trinajstić information content (AvgIpc) is 2.74. The summed E-state index contributed by atoms with van der Waals surface area (Å²) in [5.41, 5.74) is 6.16. The van der Waals surface area contributed by atoms with Gasteiger partial charge in [0.15, 0.2) is 0 Å². The van der Waals surface area contributed by atoms with Crippen LogP contribution in [-0.4, -0.2) is 43.2 Å². The molecule has 1 fully saturated rings. The zero-order valence-electron chi connectivity index (χ0n) is 9.72. The van der Waals surface area contributed by atoms with E-state index in [1.807, 2.05) is 0 Å². The number of halogens is 1. The Morgan fingerprint density at radius 1 is 1.65 bits per heavy atom. The quantitative estimate of drug-likeness (QED) is 0.854. The summed E-state index contributed by atoms with van der Waals surface area (Å²) in [7, 11) is 0. The number of furan rings is 1. The molecular formula is C11H17ClN2O3. The summed E-state index contributed by atoms with van der Waals surface area (Å²) >= 11 is 0. The molecule has 1 atom stereocenters. The van der Waals surface area contributed by atoms with Gasteiger partial charge in [0.05, 0.1) is 24.5 Å². The van der Waals surface area contributed by atoms with E-state index in [1.54, 1.807) is 17.9 Å². The lowest BCUT2D eigenvalue weighted by Crippen LogP contribution is -2.48. The van der Waals surface area contributed by atoms with Crippen LogP contribution in [0.25, 0.3) is 0 Å². The van der Waals surface area contributed by atoms with Gasteiger partial charge in [-0.05, 0) is 13.0 Å². The second-order valence-corrected chi connectivity index (χ2v) is 3.87. The molecule has 1 saturated heterocycles. The molecule has 0 radical (unpaired) electrons. The molecule has 0 aliphatic carbocycles. The highest BCUT2D eigenvalue weighted by molar-refractivity contribution is 5.95. The zero-order valence-corrected chi connectivity index (χ0v) is 10.5. The summed E-state index contributed by atoms with van der Waals surface area (Å²) in [5, 5.41) is 0. The van der Waals surface area contributed by atoms with Crippen molar-refractivity contribution in [2.45, 2.75) is 13.0 Å². The highest BCUT2D eigenvalue weighted by atomic mass is 35.5. The third-order valence-corrected chi connectivity index (χ3v) is 2.78. The van der Waals surface area contributed by atoms with Gasteiger partial charge in [-0.25, -0.2) is 0 Å². The fraction of sp³-hybridized carbons (Fsp3) is 0.545. The minimum absolute atomic E-state index is 0. The molecule has 2 rings (SSSR count). The van der Waals surface area contributed by atoms with Crippen LogP contribution >= 0.6 is 12.4 Å². The predicted octanol–water partition coefficient (Wildman–Crippen LogP) is 0.810. The first-order valence-electron chi connectivity index (χ1n) is 5.37. The van der Waals surface area contributed by atoms with Gasteiger partial charge in [-0.2, -0.15) is 0 Å². The van der Waals surface area contributed by atoms with Crippen LogP contribution in [0.4, 0.5) is 0 Å². The molecule has 2 heterocycles. The van der Waals surface area contributed by atoms with Crippen LogP contribution < -0.4 is 5.73 Å². The van der Waals surface area contributed by atoms with Gasteiger partial charge in [-0.1, -0.05) is 0 Å². The van der Waals surface area contributed by atoms with E-state index in [0.29, 0.717) is 37.6 Å². The third-order valence-electron chi connectivity index (χ3n) is 2.78. The lowest BCUT2D eigenvalue weighted by molar-refractivity contribution is -0.0168. The van der Waals surface area contributed by atoms with Crippen molar-refractivity contribution in [3.8, 4) is 0 Å². The van der Waals surface area contributed by atoms with Gasteiger partial charge in [-0.3, -0.25) is 4.79 Å². The monoisotopic (exact) mass is 260 g/mol. The first-order chi connectivity index (χ1) is 7.72. The lowest BCUT2D eigenvalue weighted by atomic mass is 10.2. The maximum absolute atomic E-state index is 12.1. The van der Waals surface area contributed by atoms with E-state index in [1.165, 1.54) is 6.26 Å². The first kappa shape index (κ1) is 14.0. The summed E-state index contributed by atoms with van der Waals surface area (Å²) in [6, 6.07) is 1.70. The molecule has 1 amide bonds. The average molecular weight is 261 g/mol. The van der Waals surface area contributed by atoms with Gasteiger partial charge in [0, 0.05) is 19.6 Å². The molecule has 96 valence electrons. The predicted molar refractivity (Wildman–Crippen MR) is 65.4 cm³/mol. The van der Waals surface area contributed by atoms with Crippen LogP contribution in [0.15, 0.2) is 16.7 Å². The van der Waals surface area contributed by atoms with Crippen LogP contribution in [0.1, 0.15) is 16.1 Å². The Hall–Kier alpha value is -1.04. The zero-order chi connectivity index (χ0) is 11.5. The Kier molecular flexibility index (Phi) is 4.99. The molecule has 1 aliphatic rings. The molecule has 2 N–H and O–H groups in total. The smallest absolute Gasteiger partial charge is 0.257 e. The van der Waals surface area contributed by atoms with Gasteiger partial charge >= 0.3 is 0 Å². The summed E-state index contributed by atoms with van der Waals surface area (Å²) in [4.78, 5) is 13.9. The van der Waals surface area contributed by atoms with Gasteiger partial charge in [0.25, 0.3) is 5.91 Å². The van der Waals surface area contributed by atoms with Crippen LogP contribution in [0, 0.1) is 6.92 Å². The molecule has 5 nitrogen and oxygen atoms in total. The fourth-order valence-electron chi connectivity index (χ4n) is 1.82. The number of hydrogen-bond acceptors (Lipinski definition) is 4. The van der Waals surface area contributed by atoms with E-state index in [-0.39, 0.29) is 24.4 Å². The highest BCUT2D eigenvalue weighted by Crippen LogP contribution is 2.14. The SMILES string of the molecule is Cc1occc1C(=O)N1CCOC(CN)C1.Cl. The van der Waals surface area contributed by atoms with Crippen molar-refractivity contribution in [3.05, 3.63) is 23.7 Å². The van der Waals surface area contributed by atoms with Gasteiger partial charge in [-0.15, -0.1) is 12.4 Å². The minimum Gasteiger partial charge on any atom is -0.469 e. The molecular weight excluding hydrogens is 244 g/mol. The third kappa shape index (κ3) is 3.00. The van der Waals surface area contributed by atoms with E-state index in [0.717, 1.165) is 0 Å². The second kappa shape index (κ2) is 6.05. The molecule has 1 aliphatic heterocycles. The van der Waals surface area contributed by atoms with E-state index < -0.39 is 0 Å². The number of carbonyl (C=O) groups excluding carboxylic acids is 1. The van der Waals surface area contributed by atoms with Crippen LogP contribution in [-0.2, 0) is 4.74 Å². The highest BCUT2D eigenvalue weighted by Gasteiger charge is 2.25. The van der Waals surface area contributed by atoms with Crippen molar-refractivity contribution in [1.29, 1.82) is 0 Å². The standard InChI is InChI=1S/C11H16N2O3.ClH/c1-8-10(2-4-15-8)11(14)13-3-5-16-9(6-12)7-13;/h2,4,9H,3,5-7,12H2,1H3;1H. The van der Waals surface area contributed by atoms with Crippen LogP contribution in [0.3, 0.4) is 0 Å². The van der Waals surface area contributed by atoms with Gasteiger partial charge in [0.1, 0.15) is 5.76 Å². The number of amides is 1. The first-order valence-corrected chi connectivity index (χ1v) is 5.37. The summed E-state index contributed by atoms with van der Waals surface area (Å²) in [6.07, 6.45) is 1.48. The molecule has 0 bridgehead atoms. The molecule has 1 unspecified atom stereocenters. The number of morpholine rings is 1. The summed E-state index contributed by atoms with van der Waals surface area (Å²) in [6.45, 7) is 3.94. The fourth-order valence-corrected chi connectivity index (χ4v) is 1.82. The molecule has 1 aromatic heterocycles. The molecule has 1 aromatic rings. The Bertz CT molecular complexity index is 381. The molecule has 0 saturated carbocycles. The maximum atomic E-state index is 12.1. The normalized spacial score (nSPS) is 19.9. The number of hydrogen-bond donors (Lipinski definition) is 1. The van der Waals surface area contributed by atoms with Crippen LogP contribution in [0.5, 0.6) is 0 Å². The molecule has 0 aromatic carbocycles. The van der Waals surface area contributed by atoms with Crippen molar-refractivity contribution in [2.75, 3.05) is 26.2 Å². The van der Waals surface area contributed by atoms with Crippen molar-refractivity contribution >= 4 is 18.3 Å². The largest absolute Gasteiger partial charge is 0.469 e.